The van der Waals surface area contributed by atoms with E-state index < -0.39 is 0 Å². The third kappa shape index (κ3) is 2.54. The fourth-order valence-corrected chi connectivity index (χ4v) is 4.76. The summed E-state index contributed by atoms with van der Waals surface area (Å²) in [4.78, 5) is 26.6. The summed E-state index contributed by atoms with van der Waals surface area (Å²) in [7, 11) is 0. The zero-order valence-corrected chi connectivity index (χ0v) is 14.5. The zero-order valence-electron chi connectivity index (χ0n) is 14.5. The van der Waals surface area contributed by atoms with E-state index in [4.69, 9.17) is 9.15 Å². The molecule has 0 aromatic carbocycles. The van der Waals surface area contributed by atoms with E-state index in [1.165, 1.54) is 11.1 Å². The Morgan fingerprint density at radius 2 is 1.81 bits per heavy atom. The van der Waals surface area contributed by atoms with Crippen LogP contribution in [-0.4, -0.2) is 49.3 Å². The summed E-state index contributed by atoms with van der Waals surface area (Å²) < 4.78 is 11.2. The van der Waals surface area contributed by atoms with Crippen LogP contribution in [0, 0.1) is 23.7 Å². The number of rotatable bonds is 4. The molecule has 1 saturated carbocycles. The van der Waals surface area contributed by atoms with Gasteiger partial charge in [-0.05, 0) is 30.4 Å². The quantitative estimate of drug-likeness (QED) is 0.462. The number of carbonyl (C=O) groups excluding carboxylic acids is 2. The van der Waals surface area contributed by atoms with E-state index >= 15 is 0 Å². The number of hydrogen-bond acceptors (Lipinski definition) is 5. The predicted octanol–water partition coefficient (Wildman–Crippen LogP) is -0.164. The number of fused-ring (bicyclic) bond motifs is 5. The molecule has 2 bridgehead atoms. The number of morpholine rings is 1. The highest BCUT2D eigenvalue weighted by Crippen LogP contribution is 2.52. The average Bonchev–Trinajstić information content (AvgIpc) is 3.41. The van der Waals surface area contributed by atoms with Gasteiger partial charge in [-0.25, -0.2) is 0 Å². The standard InChI is InChI=1S/C19H21N3O4/c23-18-16-12-1-2-13(9-12)17(16)19(24)22(18)20-10-14-3-4-15(26-14)11-21-5-7-25-8-6-21/h1-4,10,12-13,16-17H,5-9,11H2/p+1/b20-10-/t12-,13-,16-,17+/m1/s1. The molecule has 3 heterocycles. The smallest absolute Gasteiger partial charge is 0.254 e. The molecule has 1 N–H and O–H groups in total. The number of furan rings is 1. The van der Waals surface area contributed by atoms with E-state index in [9.17, 15) is 9.59 Å². The second-order valence-electron chi connectivity index (χ2n) is 7.58. The second kappa shape index (κ2) is 6.17. The molecule has 3 fully saturated rings. The van der Waals surface area contributed by atoms with Crippen LogP contribution in [0.1, 0.15) is 17.9 Å². The number of ether oxygens (including phenoxy) is 1. The summed E-state index contributed by atoms with van der Waals surface area (Å²) in [5, 5.41) is 5.21. The van der Waals surface area contributed by atoms with Gasteiger partial charge in [-0.2, -0.15) is 10.1 Å². The van der Waals surface area contributed by atoms with Gasteiger partial charge in [-0.3, -0.25) is 9.59 Å². The Balaban J connectivity index is 1.26. The van der Waals surface area contributed by atoms with Crippen LogP contribution in [0.25, 0.3) is 0 Å². The summed E-state index contributed by atoms with van der Waals surface area (Å²) in [6, 6.07) is 3.76. The maximum Gasteiger partial charge on any atom is 0.254 e. The lowest BCUT2D eigenvalue weighted by Gasteiger charge is -2.22. The van der Waals surface area contributed by atoms with Crippen molar-refractivity contribution in [2.24, 2.45) is 28.8 Å². The highest BCUT2D eigenvalue weighted by atomic mass is 16.5. The molecule has 2 aliphatic heterocycles. The molecule has 136 valence electrons. The number of nitrogens with zero attached hydrogens (tertiary/aromatic N) is 2. The van der Waals surface area contributed by atoms with Crippen molar-refractivity contribution in [3.05, 3.63) is 35.8 Å². The van der Waals surface area contributed by atoms with E-state index in [2.05, 4.69) is 17.3 Å². The highest BCUT2D eigenvalue weighted by molar-refractivity contribution is 6.06. The molecule has 7 heteroatoms. The van der Waals surface area contributed by atoms with Gasteiger partial charge in [0, 0.05) is 0 Å². The maximum atomic E-state index is 12.6. The topological polar surface area (TPSA) is 76.5 Å². The van der Waals surface area contributed by atoms with Crippen LogP contribution in [0.4, 0.5) is 0 Å². The van der Waals surface area contributed by atoms with Crippen LogP contribution >= 0.6 is 0 Å². The first kappa shape index (κ1) is 16.0. The normalized spacial score (nSPS) is 33.8. The molecule has 4 atom stereocenters. The number of hydrazone groups is 1. The van der Waals surface area contributed by atoms with Gasteiger partial charge in [-0.15, -0.1) is 0 Å². The van der Waals surface area contributed by atoms with Crippen LogP contribution in [0.2, 0.25) is 0 Å². The van der Waals surface area contributed by atoms with Crippen LogP contribution < -0.4 is 4.90 Å². The largest absolute Gasteiger partial charge is 0.454 e. The number of amides is 2. The summed E-state index contributed by atoms with van der Waals surface area (Å²) in [6.07, 6.45) is 6.56. The van der Waals surface area contributed by atoms with Crippen LogP contribution in [0.3, 0.4) is 0 Å². The van der Waals surface area contributed by atoms with Crippen molar-refractivity contribution >= 4 is 18.0 Å². The third-order valence-corrected chi connectivity index (χ3v) is 6.05. The number of nitrogens with one attached hydrogen (secondary N) is 1. The van der Waals surface area contributed by atoms with Crippen molar-refractivity contribution in [1.29, 1.82) is 0 Å². The molecule has 4 aliphatic rings. The predicted molar refractivity (Wildman–Crippen MR) is 91.1 cm³/mol. The molecule has 2 saturated heterocycles. The first-order valence-electron chi connectivity index (χ1n) is 9.31. The molecule has 2 aliphatic carbocycles. The molecule has 2 amide bonds. The monoisotopic (exact) mass is 356 g/mol. The van der Waals surface area contributed by atoms with E-state index in [0.717, 1.165) is 50.0 Å². The molecular formula is C19H22N3O4+. The minimum Gasteiger partial charge on any atom is -0.454 e. The van der Waals surface area contributed by atoms with Crippen LogP contribution in [0.5, 0.6) is 0 Å². The molecule has 0 spiro atoms. The fourth-order valence-electron chi connectivity index (χ4n) is 4.76. The van der Waals surface area contributed by atoms with Gasteiger partial charge in [0.05, 0.1) is 31.3 Å². The number of allylic oxidation sites excluding steroid dienone is 2. The Morgan fingerprint density at radius 1 is 1.12 bits per heavy atom. The lowest BCUT2D eigenvalue weighted by molar-refractivity contribution is -0.922. The number of imide groups is 1. The van der Waals surface area contributed by atoms with E-state index in [0.29, 0.717) is 5.76 Å². The molecular weight excluding hydrogens is 334 g/mol. The van der Waals surface area contributed by atoms with Crippen molar-refractivity contribution in [2.45, 2.75) is 13.0 Å². The van der Waals surface area contributed by atoms with Crippen molar-refractivity contribution in [1.82, 2.24) is 5.01 Å². The first-order chi connectivity index (χ1) is 12.7. The zero-order chi connectivity index (χ0) is 17.7. The van der Waals surface area contributed by atoms with Gasteiger partial charge < -0.3 is 14.1 Å². The number of carbonyl (C=O) groups is 2. The van der Waals surface area contributed by atoms with Gasteiger partial charge in [0.25, 0.3) is 11.8 Å². The summed E-state index contributed by atoms with van der Waals surface area (Å²) in [5.41, 5.74) is 0. The minimum atomic E-state index is -0.216. The van der Waals surface area contributed by atoms with Gasteiger partial charge in [0.1, 0.15) is 25.4 Å². The molecule has 1 aromatic heterocycles. The van der Waals surface area contributed by atoms with Crippen molar-refractivity contribution in [2.75, 3.05) is 26.3 Å². The highest BCUT2D eigenvalue weighted by Gasteiger charge is 2.59. The molecule has 7 nitrogen and oxygen atoms in total. The Hall–Kier alpha value is -2.25. The Morgan fingerprint density at radius 3 is 2.50 bits per heavy atom. The average molecular weight is 356 g/mol. The number of quaternary nitrogens is 1. The molecule has 26 heavy (non-hydrogen) atoms. The summed E-state index contributed by atoms with van der Waals surface area (Å²) in [6.45, 7) is 4.31. The summed E-state index contributed by atoms with van der Waals surface area (Å²) in [5.74, 6) is 1.07. The van der Waals surface area contributed by atoms with Crippen molar-refractivity contribution in [3.8, 4) is 0 Å². The minimum absolute atomic E-state index is 0.169. The van der Waals surface area contributed by atoms with Gasteiger partial charge in [0.15, 0.2) is 5.76 Å². The number of hydrogen-bond donors (Lipinski definition) is 1. The second-order valence-corrected chi connectivity index (χ2v) is 7.58. The van der Waals surface area contributed by atoms with Crippen LogP contribution in [0.15, 0.2) is 33.8 Å². The molecule has 0 unspecified atom stereocenters. The molecule has 5 rings (SSSR count). The van der Waals surface area contributed by atoms with E-state index in [-0.39, 0.29) is 35.5 Å². The Labute approximate surface area is 151 Å². The Kier molecular flexibility index (Phi) is 3.79. The van der Waals surface area contributed by atoms with Crippen molar-refractivity contribution < 1.29 is 23.6 Å². The van der Waals surface area contributed by atoms with E-state index in [1.807, 2.05) is 12.1 Å². The third-order valence-electron chi connectivity index (χ3n) is 6.05. The first-order valence-corrected chi connectivity index (χ1v) is 9.31. The SMILES string of the molecule is O=C1[C@@H]2[C@H](C(=O)N1/N=C\c1ccc(C[NH+]3CCOCC3)o1)[C@@H]1C=C[C@@H]2C1. The van der Waals surface area contributed by atoms with Crippen LogP contribution in [-0.2, 0) is 20.9 Å². The van der Waals surface area contributed by atoms with Crippen molar-refractivity contribution in [3.63, 3.8) is 0 Å². The van der Waals surface area contributed by atoms with Gasteiger partial charge >= 0.3 is 0 Å². The van der Waals surface area contributed by atoms with Gasteiger partial charge in [0.2, 0.25) is 0 Å². The maximum absolute atomic E-state index is 12.6. The molecule has 0 radical (unpaired) electrons. The van der Waals surface area contributed by atoms with E-state index in [1.54, 1.807) is 0 Å². The lowest BCUT2D eigenvalue weighted by atomic mass is 9.85. The van der Waals surface area contributed by atoms with Gasteiger partial charge in [-0.1, -0.05) is 12.2 Å². The molecule has 1 aromatic rings. The summed E-state index contributed by atoms with van der Waals surface area (Å²) >= 11 is 0. The fraction of sp³-hybridized carbons (Fsp3) is 0.526. The Bertz CT molecular complexity index is 762. The lowest BCUT2D eigenvalue weighted by Crippen LogP contribution is -3.12.